The molecule has 0 saturated carbocycles. The highest BCUT2D eigenvalue weighted by Crippen LogP contribution is 2.22. The summed E-state index contributed by atoms with van der Waals surface area (Å²) in [5, 5.41) is 2.62. The zero-order chi connectivity index (χ0) is 13.3. The molecule has 0 spiro atoms. The molecule has 94 valence electrons. The van der Waals surface area contributed by atoms with Crippen molar-refractivity contribution in [3.8, 4) is 0 Å². The number of hydrogen-bond acceptors (Lipinski definition) is 1. The molecule has 0 unspecified atom stereocenters. The molecular formula is C12H9BrClFN2O. The summed E-state index contributed by atoms with van der Waals surface area (Å²) in [5.41, 5.74) is 0.926. The van der Waals surface area contributed by atoms with Crippen molar-refractivity contribution in [2.75, 3.05) is 5.32 Å². The first-order valence-electron chi connectivity index (χ1n) is 5.06. The standard InChI is InChI=1S/C12H9BrClFN2O/c1-17-5-4-8(13)11(17)12(18)16-7-2-3-10(15)9(14)6-7/h2-6H,1H3,(H,16,18). The number of hydrogen-bond donors (Lipinski definition) is 1. The lowest BCUT2D eigenvalue weighted by atomic mass is 10.3. The van der Waals surface area contributed by atoms with E-state index in [1.807, 2.05) is 0 Å². The third kappa shape index (κ3) is 2.57. The monoisotopic (exact) mass is 330 g/mol. The number of carbonyl (C=O) groups is 1. The summed E-state index contributed by atoms with van der Waals surface area (Å²) in [6.07, 6.45) is 1.76. The van der Waals surface area contributed by atoms with E-state index in [2.05, 4.69) is 21.2 Å². The first-order valence-corrected chi connectivity index (χ1v) is 6.23. The summed E-state index contributed by atoms with van der Waals surface area (Å²) in [4.78, 5) is 12.0. The van der Waals surface area contributed by atoms with Gasteiger partial charge in [0.2, 0.25) is 0 Å². The van der Waals surface area contributed by atoms with Crippen LogP contribution < -0.4 is 5.32 Å². The van der Waals surface area contributed by atoms with E-state index in [0.717, 1.165) is 0 Å². The van der Waals surface area contributed by atoms with Gasteiger partial charge in [-0.2, -0.15) is 0 Å². The molecule has 0 saturated heterocycles. The van der Waals surface area contributed by atoms with Gasteiger partial charge >= 0.3 is 0 Å². The van der Waals surface area contributed by atoms with Crippen LogP contribution in [0.5, 0.6) is 0 Å². The summed E-state index contributed by atoms with van der Waals surface area (Å²) < 4.78 is 15.4. The zero-order valence-corrected chi connectivity index (χ0v) is 11.7. The van der Waals surface area contributed by atoms with Crippen molar-refractivity contribution in [2.24, 2.45) is 7.05 Å². The highest BCUT2D eigenvalue weighted by molar-refractivity contribution is 9.10. The van der Waals surface area contributed by atoms with Crippen LogP contribution in [0, 0.1) is 5.82 Å². The lowest BCUT2D eigenvalue weighted by Crippen LogP contribution is -2.16. The molecule has 2 rings (SSSR count). The first-order chi connectivity index (χ1) is 8.49. The Morgan fingerprint density at radius 3 is 2.72 bits per heavy atom. The topological polar surface area (TPSA) is 34.0 Å². The molecule has 6 heteroatoms. The van der Waals surface area contributed by atoms with Crippen molar-refractivity contribution in [3.05, 3.63) is 51.5 Å². The van der Waals surface area contributed by atoms with E-state index in [9.17, 15) is 9.18 Å². The van der Waals surface area contributed by atoms with E-state index in [1.54, 1.807) is 23.9 Å². The lowest BCUT2D eigenvalue weighted by molar-refractivity contribution is 0.101. The van der Waals surface area contributed by atoms with Crippen LogP contribution in [0.4, 0.5) is 10.1 Å². The summed E-state index contributed by atoms with van der Waals surface area (Å²) in [6, 6.07) is 5.80. The molecule has 1 heterocycles. The fraction of sp³-hybridized carbons (Fsp3) is 0.0833. The van der Waals surface area contributed by atoms with E-state index in [4.69, 9.17) is 11.6 Å². The Kier molecular flexibility index (Phi) is 3.73. The molecule has 0 aliphatic carbocycles. The van der Waals surface area contributed by atoms with Gasteiger partial charge in [-0.3, -0.25) is 4.79 Å². The number of nitrogens with zero attached hydrogens (tertiary/aromatic N) is 1. The van der Waals surface area contributed by atoms with Crippen molar-refractivity contribution >= 4 is 39.1 Å². The van der Waals surface area contributed by atoms with Gasteiger partial charge in [0, 0.05) is 23.4 Å². The van der Waals surface area contributed by atoms with E-state index >= 15 is 0 Å². The Morgan fingerprint density at radius 1 is 1.44 bits per heavy atom. The number of aryl methyl sites for hydroxylation is 1. The Labute approximate surface area is 117 Å². The lowest BCUT2D eigenvalue weighted by Gasteiger charge is -2.07. The van der Waals surface area contributed by atoms with Crippen LogP contribution in [0.15, 0.2) is 34.9 Å². The molecule has 0 bridgehead atoms. The average molecular weight is 332 g/mol. The number of amides is 1. The van der Waals surface area contributed by atoms with Crippen molar-refractivity contribution < 1.29 is 9.18 Å². The Hall–Kier alpha value is -1.33. The highest BCUT2D eigenvalue weighted by Gasteiger charge is 2.14. The van der Waals surface area contributed by atoms with Gasteiger partial charge in [0.25, 0.3) is 5.91 Å². The maximum absolute atomic E-state index is 13.0. The molecule has 1 aromatic carbocycles. The summed E-state index contributed by atoms with van der Waals surface area (Å²) in [6.45, 7) is 0. The van der Waals surface area contributed by atoms with Gasteiger partial charge < -0.3 is 9.88 Å². The van der Waals surface area contributed by atoms with Gasteiger partial charge in [-0.15, -0.1) is 0 Å². The third-order valence-electron chi connectivity index (χ3n) is 2.42. The summed E-state index contributed by atoms with van der Waals surface area (Å²) in [5.74, 6) is -0.813. The number of aromatic nitrogens is 1. The minimum atomic E-state index is -0.519. The van der Waals surface area contributed by atoms with Crippen molar-refractivity contribution in [2.45, 2.75) is 0 Å². The third-order valence-corrected chi connectivity index (χ3v) is 3.35. The van der Waals surface area contributed by atoms with E-state index in [1.165, 1.54) is 18.2 Å². The predicted molar refractivity (Wildman–Crippen MR) is 72.5 cm³/mol. The quantitative estimate of drug-likeness (QED) is 0.891. The van der Waals surface area contributed by atoms with Gasteiger partial charge in [-0.25, -0.2) is 4.39 Å². The molecule has 2 aromatic rings. The number of benzene rings is 1. The maximum atomic E-state index is 13.0. The van der Waals surface area contributed by atoms with Crippen molar-refractivity contribution in [1.82, 2.24) is 4.57 Å². The molecular weight excluding hydrogens is 323 g/mol. The highest BCUT2D eigenvalue weighted by atomic mass is 79.9. The molecule has 0 atom stereocenters. The van der Waals surface area contributed by atoms with Crippen LogP contribution in [0.25, 0.3) is 0 Å². The first kappa shape index (κ1) is 13.1. The molecule has 18 heavy (non-hydrogen) atoms. The van der Waals surface area contributed by atoms with Crippen LogP contribution in [0.2, 0.25) is 5.02 Å². The minimum Gasteiger partial charge on any atom is -0.346 e. The molecule has 0 aliphatic rings. The summed E-state index contributed by atoms with van der Waals surface area (Å²) in [7, 11) is 1.76. The van der Waals surface area contributed by atoms with Gasteiger partial charge in [-0.05, 0) is 40.2 Å². The van der Waals surface area contributed by atoms with E-state index in [0.29, 0.717) is 15.9 Å². The molecule has 3 nitrogen and oxygen atoms in total. The minimum absolute atomic E-state index is 0.0289. The van der Waals surface area contributed by atoms with Crippen molar-refractivity contribution in [3.63, 3.8) is 0 Å². The van der Waals surface area contributed by atoms with E-state index < -0.39 is 5.82 Å². The van der Waals surface area contributed by atoms with Gasteiger partial charge in [0.15, 0.2) is 0 Å². The summed E-state index contributed by atoms with van der Waals surface area (Å²) >= 11 is 8.93. The Morgan fingerprint density at radius 2 is 2.17 bits per heavy atom. The number of carbonyl (C=O) groups excluding carboxylic acids is 1. The van der Waals surface area contributed by atoms with Crippen molar-refractivity contribution in [1.29, 1.82) is 0 Å². The second kappa shape index (κ2) is 5.12. The molecule has 0 radical (unpaired) electrons. The molecule has 0 aliphatic heterocycles. The number of halogens is 3. The van der Waals surface area contributed by atoms with E-state index in [-0.39, 0.29) is 10.9 Å². The second-order valence-electron chi connectivity index (χ2n) is 3.71. The predicted octanol–water partition coefficient (Wildman–Crippen LogP) is 3.83. The van der Waals surface area contributed by atoms with Crippen LogP contribution in [-0.2, 0) is 7.05 Å². The second-order valence-corrected chi connectivity index (χ2v) is 4.97. The smallest absolute Gasteiger partial charge is 0.273 e. The molecule has 1 N–H and O–H groups in total. The largest absolute Gasteiger partial charge is 0.346 e. The fourth-order valence-corrected chi connectivity index (χ4v) is 2.29. The normalized spacial score (nSPS) is 10.4. The SMILES string of the molecule is Cn1ccc(Br)c1C(=O)Nc1ccc(F)c(Cl)c1. The van der Waals surface area contributed by atoms with Gasteiger partial charge in [-0.1, -0.05) is 11.6 Å². The van der Waals surface area contributed by atoms with Crippen LogP contribution in [0.3, 0.4) is 0 Å². The fourth-order valence-electron chi connectivity index (χ4n) is 1.53. The average Bonchev–Trinajstić information content (AvgIpc) is 2.64. The number of rotatable bonds is 2. The Bertz CT molecular complexity index is 593. The van der Waals surface area contributed by atoms with Gasteiger partial charge in [0.1, 0.15) is 11.5 Å². The van der Waals surface area contributed by atoms with Gasteiger partial charge in [0.05, 0.1) is 5.02 Å². The molecule has 1 amide bonds. The van der Waals surface area contributed by atoms with Crippen LogP contribution >= 0.6 is 27.5 Å². The van der Waals surface area contributed by atoms with Crippen LogP contribution in [0.1, 0.15) is 10.5 Å². The van der Waals surface area contributed by atoms with Crippen LogP contribution in [-0.4, -0.2) is 10.5 Å². The molecule has 0 fully saturated rings. The maximum Gasteiger partial charge on any atom is 0.273 e. The number of anilines is 1. The molecule has 1 aromatic heterocycles. The number of nitrogens with one attached hydrogen (secondary N) is 1. The zero-order valence-electron chi connectivity index (χ0n) is 9.38. The Balaban J connectivity index is 2.24.